The van der Waals surface area contributed by atoms with Crippen LogP contribution in [0.3, 0.4) is 0 Å². The summed E-state index contributed by atoms with van der Waals surface area (Å²) in [7, 11) is 0. The zero-order valence-electron chi connectivity index (χ0n) is 16.6. The molecule has 158 valence electrons. The van der Waals surface area contributed by atoms with E-state index in [9.17, 15) is 20.4 Å². The van der Waals surface area contributed by atoms with Crippen molar-refractivity contribution in [2.24, 2.45) is 0 Å². The third-order valence-corrected chi connectivity index (χ3v) is 7.32. The van der Waals surface area contributed by atoms with Gasteiger partial charge in [-0.1, -0.05) is 18.2 Å². The summed E-state index contributed by atoms with van der Waals surface area (Å²) in [5.74, 6) is 0.536. The predicted octanol–water partition coefficient (Wildman–Crippen LogP) is 3.62. The standard InChI is InChI=1S/C24H26O5S/c25-12-16-10-21(27)23(28)24(29-16)19-9-15(18(11-20(19)26)13-5-6-13)8-17-7-14-3-1-2-4-22(14)30-17/h1-4,7,9,11,13,16,21,23-28H,5-6,8,10,12H2/t16-,21-,23+,24-/m0/s1. The van der Waals surface area contributed by atoms with Gasteiger partial charge >= 0.3 is 0 Å². The van der Waals surface area contributed by atoms with E-state index in [1.807, 2.05) is 18.2 Å². The highest BCUT2D eigenvalue weighted by molar-refractivity contribution is 7.19. The Labute approximate surface area is 179 Å². The van der Waals surface area contributed by atoms with Gasteiger partial charge in [-0.2, -0.15) is 0 Å². The molecule has 2 aromatic carbocycles. The molecule has 3 aromatic rings. The van der Waals surface area contributed by atoms with Crippen LogP contribution in [0, 0.1) is 0 Å². The number of phenols is 1. The average molecular weight is 427 g/mol. The Morgan fingerprint density at radius 3 is 2.57 bits per heavy atom. The van der Waals surface area contributed by atoms with Gasteiger partial charge in [0.15, 0.2) is 0 Å². The molecule has 1 aliphatic carbocycles. The van der Waals surface area contributed by atoms with E-state index >= 15 is 0 Å². The molecule has 5 nitrogen and oxygen atoms in total. The maximum Gasteiger partial charge on any atom is 0.121 e. The first-order valence-electron chi connectivity index (χ1n) is 10.5. The van der Waals surface area contributed by atoms with Crippen molar-refractivity contribution in [1.29, 1.82) is 0 Å². The minimum Gasteiger partial charge on any atom is -0.508 e. The molecule has 0 radical (unpaired) electrons. The van der Waals surface area contributed by atoms with Crippen LogP contribution in [0.5, 0.6) is 5.75 Å². The van der Waals surface area contributed by atoms with Gasteiger partial charge in [0, 0.05) is 28.0 Å². The second kappa shape index (κ2) is 7.94. The first-order chi connectivity index (χ1) is 14.5. The third kappa shape index (κ3) is 3.74. The minimum absolute atomic E-state index is 0.0758. The topological polar surface area (TPSA) is 90.2 Å². The number of phenolic OH excluding ortho intramolecular Hbond substituents is 1. The molecule has 1 saturated carbocycles. The minimum atomic E-state index is -1.15. The molecule has 0 amide bonds. The second-order valence-electron chi connectivity index (χ2n) is 8.47. The molecular weight excluding hydrogens is 400 g/mol. The van der Waals surface area contributed by atoms with E-state index in [0.717, 1.165) is 30.4 Å². The molecule has 6 heteroatoms. The molecule has 1 aromatic heterocycles. The highest BCUT2D eigenvalue weighted by Gasteiger charge is 2.39. The van der Waals surface area contributed by atoms with Gasteiger partial charge in [-0.25, -0.2) is 0 Å². The lowest BCUT2D eigenvalue weighted by Gasteiger charge is -2.37. The van der Waals surface area contributed by atoms with E-state index in [-0.39, 0.29) is 18.8 Å². The van der Waals surface area contributed by atoms with Crippen LogP contribution in [0.4, 0.5) is 0 Å². The van der Waals surface area contributed by atoms with Crippen LogP contribution < -0.4 is 0 Å². The van der Waals surface area contributed by atoms with E-state index in [1.54, 1.807) is 17.4 Å². The largest absolute Gasteiger partial charge is 0.508 e. The highest BCUT2D eigenvalue weighted by atomic mass is 32.1. The Balaban J connectivity index is 1.53. The zero-order valence-corrected chi connectivity index (χ0v) is 17.4. The summed E-state index contributed by atoms with van der Waals surface area (Å²) in [5.41, 5.74) is 2.74. The molecular formula is C24H26O5S. The van der Waals surface area contributed by atoms with Crippen molar-refractivity contribution in [3.05, 3.63) is 64.0 Å². The van der Waals surface area contributed by atoms with Crippen LogP contribution >= 0.6 is 11.3 Å². The number of aromatic hydroxyl groups is 1. The van der Waals surface area contributed by atoms with Crippen LogP contribution in [0.1, 0.15) is 52.9 Å². The van der Waals surface area contributed by atoms with Gasteiger partial charge in [0.25, 0.3) is 0 Å². The predicted molar refractivity (Wildman–Crippen MR) is 116 cm³/mol. The molecule has 2 aliphatic rings. The SMILES string of the molecule is OC[C@@H]1C[C@H](O)[C@@H](O)[C@H](c2cc(Cc3cc4ccccc4s3)c(C3CC3)cc2O)O1. The Bertz CT molecular complexity index is 1020. The molecule has 2 heterocycles. The molecule has 0 spiro atoms. The number of hydrogen-bond acceptors (Lipinski definition) is 6. The molecule has 5 rings (SSSR count). The Morgan fingerprint density at radius 2 is 1.83 bits per heavy atom. The average Bonchev–Trinajstić information content (AvgIpc) is 3.50. The highest BCUT2D eigenvalue weighted by Crippen LogP contribution is 2.46. The molecule has 0 unspecified atom stereocenters. The van der Waals surface area contributed by atoms with Crippen LogP contribution in [0.25, 0.3) is 10.1 Å². The fraction of sp³-hybridized carbons (Fsp3) is 0.417. The quantitative estimate of drug-likeness (QED) is 0.500. The summed E-state index contributed by atoms with van der Waals surface area (Å²) >= 11 is 1.77. The number of rotatable bonds is 5. The lowest BCUT2D eigenvalue weighted by molar-refractivity contribution is -0.180. The van der Waals surface area contributed by atoms with E-state index in [2.05, 4.69) is 18.2 Å². The van der Waals surface area contributed by atoms with Crippen molar-refractivity contribution in [2.45, 2.75) is 56.0 Å². The number of benzene rings is 2. The zero-order chi connectivity index (χ0) is 20.8. The van der Waals surface area contributed by atoms with Crippen LogP contribution in [-0.2, 0) is 11.2 Å². The van der Waals surface area contributed by atoms with E-state index in [4.69, 9.17) is 4.74 Å². The van der Waals surface area contributed by atoms with E-state index in [1.165, 1.54) is 15.0 Å². The van der Waals surface area contributed by atoms with Crippen molar-refractivity contribution in [1.82, 2.24) is 0 Å². The summed E-state index contributed by atoms with van der Waals surface area (Å²) in [6.07, 6.45) is -0.450. The summed E-state index contributed by atoms with van der Waals surface area (Å²) in [5, 5.41) is 42.2. The number of aliphatic hydroxyl groups excluding tert-OH is 3. The molecule has 1 saturated heterocycles. The Kier molecular flexibility index (Phi) is 5.29. The summed E-state index contributed by atoms with van der Waals surface area (Å²) in [4.78, 5) is 1.24. The molecule has 30 heavy (non-hydrogen) atoms. The fourth-order valence-electron chi connectivity index (χ4n) is 4.46. The second-order valence-corrected chi connectivity index (χ2v) is 9.63. The first-order valence-corrected chi connectivity index (χ1v) is 11.3. The number of ether oxygens (including phenoxy) is 1. The van der Waals surface area contributed by atoms with Crippen LogP contribution in [0.2, 0.25) is 0 Å². The normalized spacial score (nSPS) is 26.9. The van der Waals surface area contributed by atoms with Gasteiger partial charge in [0.2, 0.25) is 0 Å². The van der Waals surface area contributed by atoms with Gasteiger partial charge in [0.1, 0.15) is 18.0 Å². The Hall–Kier alpha value is -1.96. The first kappa shape index (κ1) is 20.0. The van der Waals surface area contributed by atoms with Crippen LogP contribution in [0.15, 0.2) is 42.5 Å². The van der Waals surface area contributed by atoms with Gasteiger partial charge < -0.3 is 25.2 Å². The third-order valence-electron chi connectivity index (χ3n) is 6.20. The van der Waals surface area contributed by atoms with Crippen molar-refractivity contribution in [3.63, 3.8) is 0 Å². The fourth-order valence-corrected chi connectivity index (χ4v) is 5.55. The van der Waals surface area contributed by atoms with Crippen molar-refractivity contribution >= 4 is 21.4 Å². The van der Waals surface area contributed by atoms with Crippen molar-refractivity contribution < 1.29 is 25.2 Å². The van der Waals surface area contributed by atoms with Gasteiger partial charge in [-0.15, -0.1) is 11.3 Å². The van der Waals surface area contributed by atoms with Crippen molar-refractivity contribution in [3.8, 4) is 5.75 Å². The Morgan fingerprint density at radius 1 is 1.03 bits per heavy atom. The number of thiophene rings is 1. The summed E-state index contributed by atoms with van der Waals surface area (Å²) in [6.45, 7) is -0.240. The molecule has 4 atom stereocenters. The van der Waals surface area contributed by atoms with Gasteiger partial charge in [0.05, 0.1) is 18.8 Å². The van der Waals surface area contributed by atoms with Crippen molar-refractivity contribution in [2.75, 3.05) is 6.61 Å². The molecule has 4 N–H and O–H groups in total. The monoisotopic (exact) mass is 426 g/mol. The van der Waals surface area contributed by atoms with E-state index < -0.39 is 24.4 Å². The van der Waals surface area contributed by atoms with Crippen LogP contribution in [-0.4, -0.2) is 45.3 Å². The van der Waals surface area contributed by atoms with Gasteiger partial charge in [-0.3, -0.25) is 0 Å². The lowest BCUT2D eigenvalue weighted by atomic mass is 9.89. The maximum absolute atomic E-state index is 10.8. The number of hydrogen-bond donors (Lipinski definition) is 4. The van der Waals surface area contributed by atoms with E-state index in [0.29, 0.717) is 11.5 Å². The smallest absolute Gasteiger partial charge is 0.121 e. The summed E-state index contributed by atoms with van der Waals surface area (Å²) < 4.78 is 7.09. The molecule has 0 bridgehead atoms. The maximum atomic E-state index is 10.8. The molecule has 1 aliphatic heterocycles. The summed E-state index contributed by atoms with van der Waals surface area (Å²) in [6, 6.07) is 14.3. The molecule has 2 fully saturated rings. The number of fused-ring (bicyclic) bond motifs is 1. The number of aliphatic hydroxyl groups is 3. The van der Waals surface area contributed by atoms with Gasteiger partial charge in [-0.05, 0) is 59.5 Å². The lowest BCUT2D eigenvalue weighted by Crippen LogP contribution is -2.44.